The number of carbonyl (C=O) groups excluding carboxylic acids is 5. The monoisotopic (exact) mass is 1040 g/mol. The molecule has 0 bridgehead atoms. The summed E-state index contributed by atoms with van der Waals surface area (Å²) in [6.45, 7) is 5.55. The molecule has 1 fully saturated rings. The Labute approximate surface area is 439 Å². The van der Waals surface area contributed by atoms with Crippen LogP contribution >= 0.6 is 0 Å². The maximum absolute atomic E-state index is 14.0. The molecule has 1 aliphatic rings. The lowest BCUT2D eigenvalue weighted by Crippen LogP contribution is -2.65. The standard InChI is InChI=1S/C55H104N6O12/c1-5-6-7-8-9-10-11-12-13-14-15-16-17-18-19-20-21-22-23-24-25-26-27-28-29-30-31-35-47(64)61(45(54(69)70)34-32-33-38-56)48(65)37-36-44(52(58)67)60(53(68)42(3)57)39-41(2)72-51-49(59-43(4)63)55(71)73-46(40-62)50(51)66/h41-42,44-46,49-51,55,62,66,71H,5-40,56-57H2,1-4H3,(H2,58,67)(H,59,63)(H,69,70)/t41?,42-,44+,45-,46+,49+,50+,51+,55-/m0/s1. The number of unbranched alkanes of at least 4 members (excludes halogenated alkanes) is 27. The van der Waals surface area contributed by atoms with Crippen LogP contribution in [0.1, 0.15) is 240 Å². The van der Waals surface area contributed by atoms with E-state index in [0.29, 0.717) is 25.8 Å². The van der Waals surface area contributed by atoms with Crippen LogP contribution in [-0.2, 0) is 38.2 Å². The molecule has 73 heavy (non-hydrogen) atoms. The van der Waals surface area contributed by atoms with Crippen molar-refractivity contribution in [2.24, 2.45) is 17.2 Å². The quantitative estimate of drug-likeness (QED) is 0.0284. The van der Waals surface area contributed by atoms with Gasteiger partial charge in [-0.25, -0.2) is 4.79 Å². The predicted molar refractivity (Wildman–Crippen MR) is 285 cm³/mol. The summed E-state index contributed by atoms with van der Waals surface area (Å²) in [6.07, 6.45) is 27.1. The average Bonchev–Trinajstić information content (AvgIpc) is 3.34. The van der Waals surface area contributed by atoms with Gasteiger partial charge in [0.1, 0.15) is 36.4 Å². The van der Waals surface area contributed by atoms with Crippen LogP contribution in [0, 0.1) is 0 Å². The van der Waals surface area contributed by atoms with Crippen molar-refractivity contribution in [1.29, 1.82) is 0 Å². The third-order valence-corrected chi connectivity index (χ3v) is 14.2. The van der Waals surface area contributed by atoms with E-state index in [4.69, 9.17) is 26.7 Å². The molecular formula is C55H104N6O12. The Balaban J connectivity index is 2.63. The molecule has 0 spiro atoms. The normalized spacial score (nSPS) is 19.4. The van der Waals surface area contributed by atoms with Crippen LogP contribution in [-0.4, -0.2) is 140 Å². The number of nitrogens with two attached hydrogens (primary N) is 3. The van der Waals surface area contributed by atoms with Gasteiger partial charge in [-0.1, -0.05) is 174 Å². The highest BCUT2D eigenvalue weighted by Crippen LogP contribution is 2.26. The zero-order valence-electron chi connectivity index (χ0n) is 45.8. The molecule has 0 aliphatic carbocycles. The zero-order valence-corrected chi connectivity index (χ0v) is 45.8. The van der Waals surface area contributed by atoms with Crippen molar-refractivity contribution in [3.05, 3.63) is 0 Å². The first-order valence-corrected chi connectivity index (χ1v) is 28.7. The van der Waals surface area contributed by atoms with Crippen LogP contribution in [0.4, 0.5) is 0 Å². The summed E-state index contributed by atoms with van der Waals surface area (Å²) in [5, 5.41) is 44.0. The van der Waals surface area contributed by atoms with E-state index in [-0.39, 0.29) is 19.4 Å². The summed E-state index contributed by atoms with van der Waals surface area (Å²) in [5.74, 6) is -5.18. The van der Waals surface area contributed by atoms with E-state index in [1.165, 1.54) is 162 Å². The van der Waals surface area contributed by atoms with Gasteiger partial charge in [-0.2, -0.15) is 0 Å². The molecule has 1 heterocycles. The van der Waals surface area contributed by atoms with Crippen molar-refractivity contribution in [3.8, 4) is 0 Å². The number of carbonyl (C=O) groups is 6. The number of aliphatic hydroxyl groups is 3. The molecule has 5 amide bonds. The van der Waals surface area contributed by atoms with E-state index in [2.05, 4.69) is 12.2 Å². The van der Waals surface area contributed by atoms with Crippen LogP contribution in [0.15, 0.2) is 0 Å². The number of carboxylic acid groups (broad SMARTS) is 1. The van der Waals surface area contributed by atoms with Gasteiger partial charge in [0.05, 0.1) is 18.8 Å². The van der Waals surface area contributed by atoms with Crippen LogP contribution in [0.3, 0.4) is 0 Å². The first-order valence-electron chi connectivity index (χ1n) is 28.7. The fourth-order valence-electron chi connectivity index (χ4n) is 9.91. The lowest BCUT2D eigenvalue weighted by Gasteiger charge is -2.44. The number of ether oxygens (including phenoxy) is 2. The fraction of sp³-hybridized carbons (Fsp3) is 0.891. The Kier molecular flexibility index (Phi) is 38.9. The Morgan fingerprint density at radius 1 is 0.644 bits per heavy atom. The van der Waals surface area contributed by atoms with Gasteiger partial charge in [0.15, 0.2) is 6.29 Å². The predicted octanol–water partition coefficient (Wildman–Crippen LogP) is 7.03. The van der Waals surface area contributed by atoms with Crippen LogP contribution < -0.4 is 22.5 Å². The number of hydrogen-bond donors (Lipinski definition) is 8. The highest BCUT2D eigenvalue weighted by Gasteiger charge is 2.47. The number of nitrogens with one attached hydrogen (secondary N) is 1. The maximum Gasteiger partial charge on any atom is 0.326 e. The summed E-state index contributed by atoms with van der Waals surface area (Å²) >= 11 is 0. The second kappa shape index (κ2) is 41.9. The number of aliphatic hydroxyl groups excluding tert-OH is 3. The van der Waals surface area contributed by atoms with Gasteiger partial charge in [-0.3, -0.25) is 28.9 Å². The molecule has 9 atom stereocenters. The third kappa shape index (κ3) is 29.6. The van der Waals surface area contributed by atoms with E-state index in [1.54, 1.807) is 0 Å². The minimum atomic E-state index is -1.68. The molecule has 11 N–H and O–H groups in total. The highest BCUT2D eigenvalue weighted by molar-refractivity contribution is 5.99. The molecule has 0 aromatic rings. The van der Waals surface area contributed by atoms with E-state index in [0.717, 1.165) is 35.5 Å². The van der Waals surface area contributed by atoms with Crippen molar-refractivity contribution >= 4 is 35.5 Å². The van der Waals surface area contributed by atoms with Gasteiger partial charge in [0, 0.05) is 26.3 Å². The van der Waals surface area contributed by atoms with Crippen LogP contribution in [0.25, 0.3) is 0 Å². The Bertz CT molecular complexity index is 1510. The third-order valence-electron chi connectivity index (χ3n) is 14.2. The van der Waals surface area contributed by atoms with Gasteiger partial charge in [0.2, 0.25) is 29.5 Å². The van der Waals surface area contributed by atoms with E-state index >= 15 is 0 Å². The number of imide groups is 1. The van der Waals surface area contributed by atoms with Crippen molar-refractivity contribution in [3.63, 3.8) is 0 Å². The summed E-state index contributed by atoms with van der Waals surface area (Å²) in [7, 11) is 0. The number of carboxylic acids is 1. The molecule has 0 aromatic carbocycles. The molecule has 0 aromatic heterocycles. The van der Waals surface area contributed by atoms with Gasteiger partial charge in [-0.05, 0) is 52.5 Å². The Morgan fingerprint density at radius 3 is 1.47 bits per heavy atom. The average molecular weight is 1040 g/mol. The summed E-state index contributed by atoms with van der Waals surface area (Å²) in [4.78, 5) is 80.7. The first-order chi connectivity index (χ1) is 35.0. The van der Waals surface area contributed by atoms with Crippen molar-refractivity contribution in [2.75, 3.05) is 19.7 Å². The smallest absolute Gasteiger partial charge is 0.326 e. The summed E-state index contributed by atoms with van der Waals surface area (Å²) in [6, 6.07) is -5.39. The largest absolute Gasteiger partial charge is 0.480 e. The summed E-state index contributed by atoms with van der Waals surface area (Å²) in [5.41, 5.74) is 17.5. The van der Waals surface area contributed by atoms with Crippen LogP contribution in [0.2, 0.25) is 0 Å². The van der Waals surface area contributed by atoms with Gasteiger partial charge in [0.25, 0.3) is 0 Å². The zero-order chi connectivity index (χ0) is 54.4. The molecule has 18 nitrogen and oxygen atoms in total. The van der Waals surface area contributed by atoms with Crippen molar-refractivity contribution in [1.82, 2.24) is 15.1 Å². The lowest BCUT2D eigenvalue weighted by atomic mass is 9.96. The number of rotatable bonds is 46. The number of primary amides is 1. The topological polar surface area (TPSA) is 298 Å². The molecule has 18 heteroatoms. The van der Waals surface area contributed by atoms with Gasteiger partial charge in [-0.15, -0.1) is 0 Å². The SMILES string of the molecule is CCCCCCCCCCCCCCCCCCCCCCCCCCCCCC(=O)N(C(=O)CC[C@H](C(N)=O)N(CC(C)O[C@H]1[C@H](O)[C@@H](CO)O[C@H](O)[C@@H]1NC(C)=O)C(=O)[C@H](C)N)[C@@H](CCCCN)C(=O)O. The maximum atomic E-state index is 14.0. The van der Waals surface area contributed by atoms with E-state index in [1.807, 2.05) is 0 Å². The van der Waals surface area contributed by atoms with E-state index in [9.17, 15) is 49.2 Å². The molecule has 1 saturated heterocycles. The summed E-state index contributed by atoms with van der Waals surface area (Å²) < 4.78 is 11.3. The molecule has 1 unspecified atom stereocenters. The second-order valence-corrected chi connectivity index (χ2v) is 20.9. The lowest BCUT2D eigenvalue weighted by molar-refractivity contribution is -0.268. The number of nitrogens with zero attached hydrogens (tertiary/aromatic N) is 2. The molecule has 1 aliphatic heterocycles. The number of amides is 5. The van der Waals surface area contributed by atoms with Crippen molar-refractivity contribution in [2.45, 2.75) is 294 Å². The first kappa shape index (κ1) is 67.8. The molecular weight excluding hydrogens is 937 g/mol. The molecule has 0 saturated carbocycles. The molecule has 0 radical (unpaired) electrons. The number of aliphatic carboxylic acids is 1. The van der Waals surface area contributed by atoms with Crippen molar-refractivity contribution < 1.29 is 58.7 Å². The minimum Gasteiger partial charge on any atom is -0.480 e. The highest BCUT2D eigenvalue weighted by atomic mass is 16.6. The Hall–Kier alpha value is -3.26. The second-order valence-electron chi connectivity index (χ2n) is 20.9. The molecule has 426 valence electrons. The Morgan fingerprint density at radius 2 is 1.08 bits per heavy atom. The van der Waals surface area contributed by atoms with Gasteiger partial charge < -0.3 is 57.3 Å². The van der Waals surface area contributed by atoms with Crippen LogP contribution in [0.5, 0.6) is 0 Å². The van der Waals surface area contributed by atoms with Gasteiger partial charge >= 0.3 is 5.97 Å². The minimum absolute atomic E-state index is 0.0175. The van der Waals surface area contributed by atoms with E-state index < -0.39 is 110 Å². The fourth-order valence-corrected chi connectivity index (χ4v) is 9.91. The number of hydrogen-bond acceptors (Lipinski definition) is 13. The molecule has 1 rings (SSSR count).